The molecule has 0 saturated heterocycles. The van der Waals surface area contributed by atoms with Gasteiger partial charge in [-0.25, -0.2) is 4.79 Å². The van der Waals surface area contributed by atoms with Crippen LogP contribution in [0.3, 0.4) is 0 Å². The first-order valence-corrected chi connectivity index (χ1v) is 7.24. The summed E-state index contributed by atoms with van der Waals surface area (Å²) in [5.41, 5.74) is 1.81. The fourth-order valence-electron chi connectivity index (χ4n) is 2.69. The summed E-state index contributed by atoms with van der Waals surface area (Å²) in [6.45, 7) is 7.04. The third kappa shape index (κ3) is 3.84. The Hall–Kier alpha value is -1.84. The minimum absolute atomic E-state index is 0.118. The van der Waals surface area contributed by atoms with E-state index in [0.717, 1.165) is 0 Å². The molecular formula is C17H22O4. The molecule has 0 heterocycles. The van der Waals surface area contributed by atoms with Gasteiger partial charge in [0.1, 0.15) is 5.60 Å². The summed E-state index contributed by atoms with van der Waals surface area (Å²) < 4.78 is 10.2. The smallest absolute Gasteiger partial charge is 0.344 e. The Morgan fingerprint density at radius 3 is 2.52 bits per heavy atom. The van der Waals surface area contributed by atoms with Crippen molar-refractivity contribution >= 4 is 11.9 Å². The molecule has 0 saturated carbocycles. The van der Waals surface area contributed by atoms with Gasteiger partial charge in [0, 0.05) is 0 Å². The number of carbonyl (C=O) groups is 2. The Bertz CT molecular complexity index is 542. The first kappa shape index (κ1) is 15.5. The van der Waals surface area contributed by atoms with E-state index in [4.69, 9.17) is 9.47 Å². The first-order chi connectivity index (χ1) is 9.78. The van der Waals surface area contributed by atoms with Crippen molar-refractivity contribution in [3.05, 3.63) is 35.4 Å². The van der Waals surface area contributed by atoms with E-state index in [1.165, 1.54) is 11.1 Å². The summed E-state index contributed by atoms with van der Waals surface area (Å²) in [5.74, 6) is -0.944. The Labute approximate surface area is 125 Å². The molecular weight excluding hydrogens is 268 g/mol. The fourth-order valence-corrected chi connectivity index (χ4v) is 2.69. The quantitative estimate of drug-likeness (QED) is 0.803. The molecule has 1 aromatic rings. The zero-order valence-corrected chi connectivity index (χ0v) is 13.0. The zero-order chi connectivity index (χ0) is 15.6. The van der Waals surface area contributed by atoms with Crippen LogP contribution in [0.5, 0.6) is 0 Å². The van der Waals surface area contributed by atoms with Crippen LogP contribution in [0.2, 0.25) is 0 Å². The van der Waals surface area contributed by atoms with Crippen molar-refractivity contribution in [3.8, 4) is 0 Å². The van der Waals surface area contributed by atoms with Crippen LogP contribution >= 0.6 is 0 Å². The molecule has 114 valence electrons. The van der Waals surface area contributed by atoms with E-state index in [2.05, 4.69) is 0 Å². The number of hydrogen-bond donors (Lipinski definition) is 0. The number of carbonyl (C=O) groups excluding carboxylic acids is 2. The lowest BCUT2D eigenvalue weighted by Crippen LogP contribution is -2.29. The summed E-state index contributed by atoms with van der Waals surface area (Å²) in [4.78, 5) is 23.7. The lowest BCUT2D eigenvalue weighted by atomic mass is 9.95. The second-order valence-electron chi connectivity index (χ2n) is 6.49. The summed E-state index contributed by atoms with van der Waals surface area (Å²) in [6, 6.07) is 8.03. The van der Waals surface area contributed by atoms with Crippen molar-refractivity contribution in [2.75, 3.05) is 6.61 Å². The highest BCUT2D eigenvalue weighted by Crippen LogP contribution is 2.37. The standard InChI is InChI=1S/C17H22O4/c1-11-13-8-6-5-7-12(13)9-14(11)16(19)20-10-15(18)21-17(2,3)4/h5-8,11,14H,9-10H2,1-4H3. The van der Waals surface area contributed by atoms with Gasteiger partial charge in [0.25, 0.3) is 0 Å². The second-order valence-corrected chi connectivity index (χ2v) is 6.49. The second kappa shape index (κ2) is 5.88. The van der Waals surface area contributed by atoms with E-state index in [1.54, 1.807) is 20.8 Å². The summed E-state index contributed by atoms with van der Waals surface area (Å²) in [6.07, 6.45) is 0.671. The molecule has 2 unspecified atom stereocenters. The van der Waals surface area contributed by atoms with Gasteiger partial charge in [0.05, 0.1) is 5.92 Å². The Kier molecular flexibility index (Phi) is 4.35. The third-order valence-corrected chi connectivity index (χ3v) is 3.64. The van der Waals surface area contributed by atoms with Crippen LogP contribution in [-0.4, -0.2) is 24.1 Å². The molecule has 2 rings (SSSR count). The van der Waals surface area contributed by atoms with Gasteiger partial charge in [-0.15, -0.1) is 0 Å². The first-order valence-electron chi connectivity index (χ1n) is 7.24. The Balaban J connectivity index is 1.90. The molecule has 1 aliphatic rings. The normalized spacial score (nSPS) is 20.8. The third-order valence-electron chi connectivity index (χ3n) is 3.64. The highest BCUT2D eigenvalue weighted by Gasteiger charge is 2.35. The van der Waals surface area contributed by atoms with Crippen molar-refractivity contribution in [1.82, 2.24) is 0 Å². The molecule has 0 amide bonds. The van der Waals surface area contributed by atoms with E-state index >= 15 is 0 Å². The number of esters is 2. The van der Waals surface area contributed by atoms with Crippen LogP contribution < -0.4 is 0 Å². The van der Waals surface area contributed by atoms with Crippen molar-refractivity contribution in [2.24, 2.45) is 5.92 Å². The minimum atomic E-state index is -0.569. The lowest BCUT2D eigenvalue weighted by molar-refractivity contribution is -0.168. The fraction of sp³-hybridized carbons (Fsp3) is 0.529. The van der Waals surface area contributed by atoms with Gasteiger partial charge in [-0.05, 0) is 44.2 Å². The number of fused-ring (bicyclic) bond motifs is 1. The number of benzene rings is 1. The molecule has 0 aromatic heterocycles. The highest BCUT2D eigenvalue weighted by atomic mass is 16.6. The lowest BCUT2D eigenvalue weighted by Gasteiger charge is -2.20. The molecule has 0 radical (unpaired) electrons. The molecule has 2 atom stereocenters. The van der Waals surface area contributed by atoms with Crippen LogP contribution in [0.1, 0.15) is 44.7 Å². The monoisotopic (exact) mass is 290 g/mol. The van der Waals surface area contributed by atoms with Gasteiger partial charge in [0.15, 0.2) is 6.61 Å². The molecule has 1 aliphatic carbocycles. The van der Waals surface area contributed by atoms with Crippen LogP contribution in [0.4, 0.5) is 0 Å². The number of ether oxygens (including phenoxy) is 2. The number of rotatable bonds is 3. The SMILES string of the molecule is CC1c2ccccc2CC1C(=O)OCC(=O)OC(C)(C)C. The maximum atomic E-state index is 12.2. The summed E-state index contributed by atoms with van der Waals surface area (Å²) in [7, 11) is 0. The van der Waals surface area contributed by atoms with Gasteiger partial charge in [-0.1, -0.05) is 31.2 Å². The van der Waals surface area contributed by atoms with Crippen LogP contribution in [-0.2, 0) is 25.5 Å². The number of hydrogen-bond acceptors (Lipinski definition) is 4. The minimum Gasteiger partial charge on any atom is -0.457 e. The molecule has 0 fully saturated rings. The van der Waals surface area contributed by atoms with E-state index in [1.807, 2.05) is 31.2 Å². The van der Waals surface area contributed by atoms with E-state index in [-0.39, 0.29) is 24.4 Å². The largest absolute Gasteiger partial charge is 0.457 e. The van der Waals surface area contributed by atoms with Crippen molar-refractivity contribution in [1.29, 1.82) is 0 Å². The van der Waals surface area contributed by atoms with Crippen LogP contribution in [0.15, 0.2) is 24.3 Å². The summed E-state index contributed by atoms with van der Waals surface area (Å²) >= 11 is 0. The van der Waals surface area contributed by atoms with Crippen molar-refractivity contribution < 1.29 is 19.1 Å². The van der Waals surface area contributed by atoms with Gasteiger partial charge < -0.3 is 9.47 Å². The zero-order valence-electron chi connectivity index (χ0n) is 13.0. The van der Waals surface area contributed by atoms with E-state index in [0.29, 0.717) is 6.42 Å². The molecule has 0 N–H and O–H groups in total. The van der Waals surface area contributed by atoms with Gasteiger partial charge in [-0.2, -0.15) is 0 Å². The molecule has 21 heavy (non-hydrogen) atoms. The topological polar surface area (TPSA) is 52.6 Å². The summed E-state index contributed by atoms with van der Waals surface area (Å²) in [5, 5.41) is 0. The van der Waals surface area contributed by atoms with Gasteiger partial charge >= 0.3 is 11.9 Å². The molecule has 1 aromatic carbocycles. The average Bonchev–Trinajstić information content (AvgIpc) is 2.72. The highest BCUT2D eigenvalue weighted by molar-refractivity contribution is 5.79. The van der Waals surface area contributed by atoms with E-state index < -0.39 is 11.6 Å². The maximum Gasteiger partial charge on any atom is 0.344 e. The molecule has 4 nitrogen and oxygen atoms in total. The van der Waals surface area contributed by atoms with Crippen molar-refractivity contribution in [3.63, 3.8) is 0 Å². The Morgan fingerprint density at radius 1 is 1.24 bits per heavy atom. The van der Waals surface area contributed by atoms with Gasteiger partial charge in [-0.3, -0.25) is 4.79 Å². The van der Waals surface area contributed by atoms with Crippen LogP contribution in [0, 0.1) is 5.92 Å². The van der Waals surface area contributed by atoms with E-state index in [9.17, 15) is 9.59 Å². The van der Waals surface area contributed by atoms with Gasteiger partial charge in [0.2, 0.25) is 0 Å². The Morgan fingerprint density at radius 2 is 1.90 bits per heavy atom. The molecule has 4 heteroatoms. The predicted molar refractivity (Wildman–Crippen MR) is 78.9 cm³/mol. The van der Waals surface area contributed by atoms with Crippen LogP contribution in [0.25, 0.3) is 0 Å². The van der Waals surface area contributed by atoms with Crippen molar-refractivity contribution in [2.45, 2.75) is 45.6 Å². The predicted octanol–water partition coefficient (Wildman–Crippen LogP) is 2.85. The molecule has 0 aliphatic heterocycles. The average molecular weight is 290 g/mol. The molecule has 0 spiro atoms. The maximum absolute atomic E-state index is 12.2. The molecule has 0 bridgehead atoms.